The fourth-order valence-corrected chi connectivity index (χ4v) is 4.09. The minimum absolute atomic E-state index is 0.198. The first-order chi connectivity index (χ1) is 12.1. The molecule has 1 aliphatic heterocycles. The lowest BCUT2D eigenvalue weighted by atomic mass is 10.3. The van der Waals surface area contributed by atoms with Gasteiger partial charge in [-0.2, -0.15) is 0 Å². The van der Waals surface area contributed by atoms with Crippen molar-refractivity contribution in [1.82, 2.24) is 4.90 Å². The van der Waals surface area contributed by atoms with Gasteiger partial charge in [0.2, 0.25) is 0 Å². The number of aryl methyl sites for hydroxylation is 1. The van der Waals surface area contributed by atoms with E-state index in [4.69, 9.17) is 9.47 Å². The number of hydrogen-bond donors (Lipinski definition) is 0. The molecule has 1 aliphatic rings. The van der Waals surface area contributed by atoms with E-state index in [-0.39, 0.29) is 24.3 Å². The van der Waals surface area contributed by atoms with Gasteiger partial charge in [-0.1, -0.05) is 12.1 Å². The number of carbonyl (C=O) groups excluding carboxylic acids is 2. The number of imide groups is 1. The van der Waals surface area contributed by atoms with Crippen LogP contribution >= 0.6 is 23.1 Å². The molecule has 2 heterocycles. The van der Waals surface area contributed by atoms with E-state index in [1.165, 1.54) is 4.90 Å². The molecule has 0 unspecified atom stereocenters. The molecule has 0 N–H and O–H groups in total. The summed E-state index contributed by atoms with van der Waals surface area (Å²) < 4.78 is 10.9. The number of ether oxygens (including phenoxy) is 2. The van der Waals surface area contributed by atoms with Crippen molar-refractivity contribution < 1.29 is 19.1 Å². The minimum atomic E-state index is -0.273. The van der Waals surface area contributed by atoms with E-state index in [1.807, 2.05) is 31.2 Å². The molecule has 0 aliphatic carbocycles. The first-order valence-corrected chi connectivity index (χ1v) is 9.29. The molecule has 0 bridgehead atoms. The van der Waals surface area contributed by atoms with E-state index in [0.29, 0.717) is 16.4 Å². The first-order valence-electron chi connectivity index (χ1n) is 7.66. The third kappa shape index (κ3) is 4.05. The molecule has 1 saturated heterocycles. The summed E-state index contributed by atoms with van der Waals surface area (Å²) in [5.74, 6) is 0.927. The predicted molar refractivity (Wildman–Crippen MR) is 100 cm³/mol. The highest BCUT2D eigenvalue weighted by Crippen LogP contribution is 2.33. The van der Waals surface area contributed by atoms with Crippen molar-refractivity contribution in [3.63, 3.8) is 0 Å². The summed E-state index contributed by atoms with van der Waals surface area (Å²) >= 11 is 2.55. The maximum Gasteiger partial charge on any atom is 0.293 e. The second-order valence-corrected chi connectivity index (χ2v) is 7.59. The third-order valence-corrected chi connectivity index (χ3v) is 5.40. The SMILES string of the molecule is COc1ccccc1OCCN1C(=O)S/C(=C\c2ccc(C)s2)C1=O. The molecule has 1 aromatic heterocycles. The molecule has 1 fully saturated rings. The summed E-state index contributed by atoms with van der Waals surface area (Å²) in [6.07, 6.45) is 1.77. The second kappa shape index (κ2) is 7.76. The van der Waals surface area contributed by atoms with Crippen molar-refractivity contribution >= 4 is 40.3 Å². The van der Waals surface area contributed by atoms with Gasteiger partial charge in [0.25, 0.3) is 11.1 Å². The standard InChI is InChI=1S/C18H17NO4S2/c1-12-7-8-13(24-12)11-16-17(20)19(18(21)25-16)9-10-23-15-6-4-3-5-14(15)22-2/h3-8,11H,9-10H2,1-2H3/b16-11-. The maximum atomic E-state index is 12.4. The van der Waals surface area contributed by atoms with Crippen LogP contribution in [0.2, 0.25) is 0 Å². The van der Waals surface area contributed by atoms with Crippen LogP contribution in [0.25, 0.3) is 6.08 Å². The van der Waals surface area contributed by atoms with Gasteiger partial charge in [0.15, 0.2) is 11.5 Å². The minimum Gasteiger partial charge on any atom is -0.493 e. The summed E-state index contributed by atoms with van der Waals surface area (Å²) in [7, 11) is 1.57. The van der Waals surface area contributed by atoms with E-state index in [9.17, 15) is 9.59 Å². The number of hydrogen-bond acceptors (Lipinski definition) is 6. The smallest absolute Gasteiger partial charge is 0.293 e. The number of carbonyl (C=O) groups is 2. The van der Waals surface area contributed by atoms with Crippen molar-refractivity contribution in [2.45, 2.75) is 6.92 Å². The fourth-order valence-electron chi connectivity index (χ4n) is 2.34. The number of para-hydroxylation sites is 2. The van der Waals surface area contributed by atoms with Crippen LogP contribution in [0.3, 0.4) is 0 Å². The third-order valence-electron chi connectivity index (χ3n) is 3.55. The number of rotatable bonds is 6. The van der Waals surface area contributed by atoms with Crippen LogP contribution in [0.15, 0.2) is 41.3 Å². The van der Waals surface area contributed by atoms with E-state index >= 15 is 0 Å². The van der Waals surface area contributed by atoms with Crippen LogP contribution < -0.4 is 9.47 Å². The molecule has 5 nitrogen and oxygen atoms in total. The van der Waals surface area contributed by atoms with Gasteiger partial charge in [-0.15, -0.1) is 11.3 Å². The molecule has 0 spiro atoms. The maximum absolute atomic E-state index is 12.4. The van der Waals surface area contributed by atoms with Crippen LogP contribution in [0.4, 0.5) is 4.79 Å². The van der Waals surface area contributed by atoms with Crippen molar-refractivity contribution in [3.05, 3.63) is 51.1 Å². The lowest BCUT2D eigenvalue weighted by molar-refractivity contribution is -0.123. The molecule has 0 atom stereocenters. The summed E-state index contributed by atoms with van der Waals surface area (Å²) in [5.41, 5.74) is 0. The summed E-state index contributed by atoms with van der Waals surface area (Å²) in [6.45, 7) is 2.41. The fraction of sp³-hybridized carbons (Fsp3) is 0.222. The number of methoxy groups -OCH3 is 1. The first kappa shape index (κ1) is 17.6. The largest absolute Gasteiger partial charge is 0.493 e. The Balaban J connectivity index is 1.62. The van der Waals surface area contributed by atoms with Crippen molar-refractivity contribution in [3.8, 4) is 11.5 Å². The van der Waals surface area contributed by atoms with Gasteiger partial charge >= 0.3 is 0 Å². The van der Waals surface area contributed by atoms with Crippen molar-refractivity contribution in [1.29, 1.82) is 0 Å². The lowest BCUT2D eigenvalue weighted by Gasteiger charge is -2.14. The zero-order valence-electron chi connectivity index (χ0n) is 13.9. The number of thiophene rings is 1. The number of benzene rings is 1. The highest BCUT2D eigenvalue weighted by atomic mass is 32.2. The van der Waals surface area contributed by atoms with Gasteiger partial charge in [0, 0.05) is 9.75 Å². The Morgan fingerprint density at radius 2 is 1.88 bits per heavy atom. The Bertz CT molecular complexity index is 828. The summed E-state index contributed by atoms with van der Waals surface area (Å²) in [5, 5.41) is -0.270. The highest BCUT2D eigenvalue weighted by Gasteiger charge is 2.34. The van der Waals surface area contributed by atoms with Gasteiger partial charge < -0.3 is 9.47 Å². The molecule has 1 aromatic carbocycles. The van der Waals surface area contributed by atoms with Crippen molar-refractivity contribution in [2.24, 2.45) is 0 Å². The van der Waals surface area contributed by atoms with Crippen molar-refractivity contribution in [2.75, 3.05) is 20.3 Å². The number of amides is 2. The van der Waals surface area contributed by atoms with E-state index < -0.39 is 0 Å². The molecular weight excluding hydrogens is 358 g/mol. The molecule has 25 heavy (non-hydrogen) atoms. The van der Waals surface area contributed by atoms with Gasteiger partial charge in [-0.25, -0.2) is 0 Å². The van der Waals surface area contributed by atoms with Gasteiger partial charge in [0.05, 0.1) is 18.6 Å². The molecule has 0 radical (unpaired) electrons. The summed E-state index contributed by atoms with van der Waals surface area (Å²) in [4.78, 5) is 28.3. The topological polar surface area (TPSA) is 55.8 Å². The highest BCUT2D eigenvalue weighted by molar-refractivity contribution is 8.18. The number of thioether (sulfide) groups is 1. The van der Waals surface area contributed by atoms with Gasteiger partial charge in [-0.3, -0.25) is 14.5 Å². The molecule has 2 aromatic rings. The molecule has 3 rings (SSSR count). The zero-order valence-corrected chi connectivity index (χ0v) is 15.5. The van der Waals surface area contributed by atoms with Crippen LogP contribution in [0.5, 0.6) is 11.5 Å². The molecule has 0 saturated carbocycles. The molecular formula is C18H17NO4S2. The van der Waals surface area contributed by atoms with Crippen LogP contribution in [-0.2, 0) is 4.79 Å². The number of nitrogens with zero attached hydrogens (tertiary/aromatic N) is 1. The zero-order chi connectivity index (χ0) is 17.8. The monoisotopic (exact) mass is 375 g/mol. The normalized spacial score (nSPS) is 15.9. The average molecular weight is 375 g/mol. The quantitative estimate of drug-likeness (QED) is 0.709. The van der Waals surface area contributed by atoms with Gasteiger partial charge in [0.1, 0.15) is 6.61 Å². The lowest BCUT2D eigenvalue weighted by Crippen LogP contribution is -2.32. The molecule has 130 valence electrons. The Morgan fingerprint density at radius 1 is 1.12 bits per heavy atom. The predicted octanol–water partition coefficient (Wildman–Crippen LogP) is 4.18. The van der Waals surface area contributed by atoms with E-state index in [0.717, 1.165) is 21.5 Å². The molecule has 7 heteroatoms. The second-order valence-electron chi connectivity index (χ2n) is 5.28. The van der Waals surface area contributed by atoms with Crippen LogP contribution in [0.1, 0.15) is 9.75 Å². The Hall–Kier alpha value is -2.25. The van der Waals surface area contributed by atoms with Crippen LogP contribution in [-0.4, -0.2) is 36.3 Å². The Kier molecular flexibility index (Phi) is 5.45. The van der Waals surface area contributed by atoms with Gasteiger partial charge in [-0.05, 0) is 49.0 Å². The van der Waals surface area contributed by atoms with E-state index in [2.05, 4.69) is 0 Å². The average Bonchev–Trinajstić information content (AvgIpc) is 3.13. The summed E-state index contributed by atoms with van der Waals surface area (Å²) in [6, 6.07) is 11.2. The Morgan fingerprint density at radius 3 is 2.56 bits per heavy atom. The van der Waals surface area contributed by atoms with Crippen LogP contribution in [0, 0.1) is 6.92 Å². The Labute approximate surface area is 154 Å². The van der Waals surface area contributed by atoms with E-state index in [1.54, 1.807) is 36.7 Å². The molecule has 2 amide bonds.